The molecular formula is C35H58O7. The highest BCUT2D eigenvalue weighted by atomic mass is 16.7. The highest BCUT2D eigenvalue weighted by molar-refractivity contribution is 5.29. The Balaban J connectivity index is 1.25. The van der Waals surface area contributed by atoms with Crippen LogP contribution in [0, 0.1) is 50.7 Å². The van der Waals surface area contributed by atoms with E-state index in [1.807, 2.05) is 0 Å². The van der Waals surface area contributed by atoms with Crippen molar-refractivity contribution >= 4 is 0 Å². The van der Waals surface area contributed by atoms with Gasteiger partial charge in [-0.3, -0.25) is 0 Å². The number of allylic oxidation sites excluding steroid dienone is 2. The summed E-state index contributed by atoms with van der Waals surface area (Å²) in [7, 11) is 0. The first-order valence-corrected chi connectivity index (χ1v) is 16.8. The van der Waals surface area contributed by atoms with Crippen LogP contribution in [0.4, 0.5) is 0 Å². The van der Waals surface area contributed by atoms with Gasteiger partial charge in [0.2, 0.25) is 0 Å². The Bertz CT molecular complexity index is 1070. The Morgan fingerprint density at radius 1 is 0.762 bits per heavy atom. The second-order valence-electron chi connectivity index (χ2n) is 17.5. The van der Waals surface area contributed by atoms with Gasteiger partial charge in [0.25, 0.3) is 0 Å². The van der Waals surface area contributed by atoms with Crippen molar-refractivity contribution in [1.29, 1.82) is 0 Å². The molecule has 1 heterocycles. The molecule has 4 saturated carbocycles. The van der Waals surface area contributed by atoms with Gasteiger partial charge in [0.15, 0.2) is 6.29 Å². The fourth-order valence-corrected chi connectivity index (χ4v) is 11.9. The van der Waals surface area contributed by atoms with Crippen LogP contribution < -0.4 is 0 Å². The largest absolute Gasteiger partial charge is 0.394 e. The monoisotopic (exact) mass is 590 g/mol. The van der Waals surface area contributed by atoms with E-state index in [-0.39, 0.29) is 39.3 Å². The molecule has 0 amide bonds. The normalized spacial score (nSPS) is 55.0. The number of rotatable bonds is 3. The summed E-state index contributed by atoms with van der Waals surface area (Å²) in [4.78, 5) is 0. The molecule has 42 heavy (non-hydrogen) atoms. The van der Waals surface area contributed by atoms with Gasteiger partial charge in [0.1, 0.15) is 24.4 Å². The highest BCUT2D eigenvalue weighted by Crippen LogP contribution is 2.72. The molecule has 0 spiro atoms. The fourth-order valence-electron chi connectivity index (χ4n) is 11.9. The van der Waals surface area contributed by atoms with E-state index in [0.717, 1.165) is 38.5 Å². The molecule has 5 aliphatic carbocycles. The number of fused-ring (bicyclic) bond motifs is 7. The molecule has 7 heteroatoms. The van der Waals surface area contributed by atoms with E-state index in [0.29, 0.717) is 23.7 Å². The summed E-state index contributed by atoms with van der Waals surface area (Å²) in [5.41, 5.74) is 2.03. The van der Waals surface area contributed by atoms with Crippen LogP contribution in [0.3, 0.4) is 0 Å². The summed E-state index contributed by atoms with van der Waals surface area (Å²) >= 11 is 0. The second kappa shape index (κ2) is 10.2. The standard InChI is InChI=1S/C35H58O7/c1-31(2)16-21-19-8-9-24-33(5,20(19)10-13-34(21,6)25(37)17-31)14-11-23-32(3,4)26(12-15-35(23,24)7)42-30-29(40)28(39)27(38)22(18-36)41-30/h8,20-30,36-40H,9-18H2,1-7H3. The molecule has 14 atom stereocenters. The highest BCUT2D eigenvalue weighted by Gasteiger charge is 2.65. The van der Waals surface area contributed by atoms with Crippen LogP contribution in [0.1, 0.15) is 106 Å². The molecule has 0 aromatic carbocycles. The third-order valence-corrected chi connectivity index (χ3v) is 14.4. The van der Waals surface area contributed by atoms with Gasteiger partial charge >= 0.3 is 0 Å². The van der Waals surface area contributed by atoms with Gasteiger partial charge in [-0.2, -0.15) is 0 Å². The number of aliphatic hydroxyl groups excluding tert-OH is 5. The first kappa shape index (κ1) is 31.4. The molecule has 6 rings (SSSR count). The summed E-state index contributed by atoms with van der Waals surface area (Å²) in [6.07, 6.45) is 5.66. The predicted octanol–water partition coefficient (Wildman–Crippen LogP) is 4.57. The lowest BCUT2D eigenvalue weighted by Gasteiger charge is -2.68. The van der Waals surface area contributed by atoms with E-state index in [1.165, 1.54) is 19.3 Å². The van der Waals surface area contributed by atoms with Crippen molar-refractivity contribution in [3.8, 4) is 0 Å². The van der Waals surface area contributed by atoms with Crippen molar-refractivity contribution in [2.24, 2.45) is 50.7 Å². The molecule has 14 unspecified atom stereocenters. The minimum absolute atomic E-state index is 0.00997. The molecule has 1 saturated heterocycles. The van der Waals surface area contributed by atoms with Crippen LogP contribution in [0.2, 0.25) is 0 Å². The van der Waals surface area contributed by atoms with Crippen molar-refractivity contribution < 1.29 is 35.0 Å². The van der Waals surface area contributed by atoms with Crippen molar-refractivity contribution in [1.82, 2.24) is 0 Å². The third-order valence-electron chi connectivity index (χ3n) is 14.4. The van der Waals surface area contributed by atoms with Gasteiger partial charge in [-0.15, -0.1) is 0 Å². The number of ether oxygens (including phenoxy) is 2. The first-order valence-electron chi connectivity index (χ1n) is 16.8. The molecule has 0 aromatic heterocycles. The average molecular weight is 591 g/mol. The van der Waals surface area contributed by atoms with Crippen LogP contribution in [-0.4, -0.2) is 75.1 Å². The first-order chi connectivity index (χ1) is 19.5. The van der Waals surface area contributed by atoms with Crippen LogP contribution in [-0.2, 0) is 9.47 Å². The Hall–Kier alpha value is -0.540. The van der Waals surface area contributed by atoms with Crippen LogP contribution >= 0.6 is 0 Å². The van der Waals surface area contributed by atoms with Crippen LogP contribution in [0.15, 0.2) is 11.6 Å². The minimum Gasteiger partial charge on any atom is -0.394 e. The van der Waals surface area contributed by atoms with Gasteiger partial charge in [-0.25, -0.2) is 0 Å². The van der Waals surface area contributed by atoms with Crippen LogP contribution in [0.5, 0.6) is 0 Å². The third kappa shape index (κ3) is 4.46. The van der Waals surface area contributed by atoms with Gasteiger partial charge in [-0.1, -0.05) is 60.1 Å². The fraction of sp³-hybridized carbons (Fsp3) is 0.943. The molecule has 240 valence electrons. The van der Waals surface area contributed by atoms with E-state index < -0.39 is 37.3 Å². The maximum atomic E-state index is 11.4. The Kier molecular flexibility index (Phi) is 7.66. The van der Waals surface area contributed by atoms with E-state index in [9.17, 15) is 25.5 Å². The number of hydrogen-bond acceptors (Lipinski definition) is 7. The molecule has 1 aliphatic heterocycles. The zero-order valence-electron chi connectivity index (χ0n) is 27.1. The summed E-state index contributed by atoms with van der Waals surface area (Å²) in [6, 6.07) is 0. The van der Waals surface area contributed by atoms with E-state index in [4.69, 9.17) is 9.47 Å². The molecular weight excluding hydrogens is 532 g/mol. The summed E-state index contributed by atoms with van der Waals surface area (Å²) < 4.78 is 12.2. The van der Waals surface area contributed by atoms with Gasteiger partial charge in [-0.05, 0) is 103 Å². The van der Waals surface area contributed by atoms with Crippen LogP contribution in [0.25, 0.3) is 0 Å². The molecule has 7 nitrogen and oxygen atoms in total. The molecule has 0 aromatic rings. The summed E-state index contributed by atoms with van der Waals surface area (Å²) in [5.74, 6) is 2.07. The maximum absolute atomic E-state index is 11.4. The SMILES string of the molecule is CC1(C)CC(O)C2(C)CCC3C(=CCC4C3(C)CCC3C(C)(C)C(OC5OC(CO)C(O)C(O)C5O)CCC34C)C2C1. The number of hydrogen-bond donors (Lipinski definition) is 5. The van der Waals surface area contributed by atoms with E-state index in [2.05, 4.69) is 54.5 Å². The molecule has 0 bridgehead atoms. The van der Waals surface area contributed by atoms with Crippen molar-refractivity contribution in [3.05, 3.63) is 11.6 Å². The lowest BCUT2D eigenvalue weighted by Crippen LogP contribution is -2.64. The molecule has 0 radical (unpaired) electrons. The van der Waals surface area contributed by atoms with Crippen molar-refractivity contribution in [3.63, 3.8) is 0 Å². The van der Waals surface area contributed by atoms with Gasteiger partial charge < -0.3 is 35.0 Å². The Morgan fingerprint density at radius 3 is 2.12 bits per heavy atom. The lowest BCUT2D eigenvalue weighted by molar-refractivity contribution is -0.329. The summed E-state index contributed by atoms with van der Waals surface area (Å²) in [5, 5.41) is 52.3. The quantitative estimate of drug-likeness (QED) is 0.241. The van der Waals surface area contributed by atoms with E-state index >= 15 is 0 Å². The Morgan fingerprint density at radius 2 is 1.43 bits per heavy atom. The predicted molar refractivity (Wildman–Crippen MR) is 160 cm³/mol. The van der Waals surface area contributed by atoms with E-state index in [1.54, 1.807) is 5.57 Å². The molecule has 6 aliphatic rings. The average Bonchev–Trinajstić information content (AvgIpc) is 2.90. The van der Waals surface area contributed by atoms with Gasteiger partial charge in [0, 0.05) is 5.41 Å². The molecule has 5 N–H and O–H groups in total. The lowest BCUT2D eigenvalue weighted by atomic mass is 9.37. The Labute approximate surface area is 253 Å². The minimum atomic E-state index is -1.43. The number of aliphatic hydroxyl groups is 5. The zero-order chi connectivity index (χ0) is 30.6. The van der Waals surface area contributed by atoms with Crippen molar-refractivity contribution in [2.75, 3.05) is 6.61 Å². The maximum Gasteiger partial charge on any atom is 0.186 e. The topological polar surface area (TPSA) is 120 Å². The smallest absolute Gasteiger partial charge is 0.186 e. The zero-order valence-corrected chi connectivity index (χ0v) is 27.1. The van der Waals surface area contributed by atoms with Crippen molar-refractivity contribution in [2.45, 2.75) is 149 Å². The van der Waals surface area contributed by atoms with Gasteiger partial charge in [0.05, 0.1) is 18.8 Å². The summed E-state index contributed by atoms with van der Waals surface area (Å²) in [6.45, 7) is 16.3. The second-order valence-corrected chi connectivity index (χ2v) is 17.5. The molecule has 5 fully saturated rings.